The highest BCUT2D eigenvalue weighted by Gasteiger charge is 2.44. The predicted octanol–water partition coefficient (Wildman–Crippen LogP) is 3.63. The SMILES string of the molecule is O=C(NC1(c2ccc(OC(F)(F)F)c(F)c2)CCOc2cccnc21)c1cnc(C(=O)O)[nH]1.O=C(O)C(F)(F)F. The number of amides is 1. The number of nitrogens with one attached hydrogen (secondary N) is 2. The first-order valence-electron chi connectivity index (χ1n) is 10.6. The molecule has 1 unspecified atom stereocenters. The summed E-state index contributed by atoms with van der Waals surface area (Å²) in [6.45, 7) is 0.0603. The Labute approximate surface area is 217 Å². The molecule has 0 saturated heterocycles. The number of carbonyl (C=O) groups excluding carboxylic acids is 1. The lowest BCUT2D eigenvalue weighted by Gasteiger charge is -2.38. The number of rotatable bonds is 5. The van der Waals surface area contributed by atoms with E-state index in [2.05, 4.69) is 25.0 Å². The zero-order valence-electron chi connectivity index (χ0n) is 19.4. The van der Waals surface area contributed by atoms with Crippen LogP contribution in [-0.2, 0) is 10.3 Å². The van der Waals surface area contributed by atoms with Gasteiger partial charge < -0.3 is 30.0 Å². The molecule has 2 aromatic heterocycles. The van der Waals surface area contributed by atoms with Gasteiger partial charge in [-0.3, -0.25) is 9.78 Å². The Morgan fingerprint density at radius 2 is 1.75 bits per heavy atom. The van der Waals surface area contributed by atoms with Crippen LogP contribution in [0, 0.1) is 5.82 Å². The summed E-state index contributed by atoms with van der Waals surface area (Å²) in [7, 11) is 0. The summed E-state index contributed by atoms with van der Waals surface area (Å²) in [5.41, 5.74) is -1.46. The molecule has 0 saturated carbocycles. The van der Waals surface area contributed by atoms with Crippen LogP contribution in [0.3, 0.4) is 0 Å². The fourth-order valence-electron chi connectivity index (χ4n) is 3.52. The first kappa shape index (κ1) is 29.7. The highest BCUT2D eigenvalue weighted by atomic mass is 19.4. The second-order valence-corrected chi connectivity index (χ2v) is 7.75. The van der Waals surface area contributed by atoms with Crippen molar-refractivity contribution in [2.24, 2.45) is 0 Å². The van der Waals surface area contributed by atoms with E-state index in [9.17, 15) is 40.3 Å². The van der Waals surface area contributed by atoms with Gasteiger partial charge in [-0.15, -0.1) is 13.2 Å². The molecule has 1 amide bonds. The van der Waals surface area contributed by atoms with Crippen LogP contribution in [-0.4, -0.2) is 62.2 Å². The summed E-state index contributed by atoms with van der Waals surface area (Å²) in [5.74, 6) is -7.49. The normalized spacial score (nSPS) is 16.5. The average molecular weight is 580 g/mol. The number of aromatic amines is 1. The largest absolute Gasteiger partial charge is 0.573 e. The van der Waals surface area contributed by atoms with E-state index in [1.54, 1.807) is 12.1 Å². The van der Waals surface area contributed by atoms with Gasteiger partial charge in [0.1, 0.15) is 22.7 Å². The molecule has 0 fully saturated rings. The smallest absolute Gasteiger partial charge is 0.491 e. The van der Waals surface area contributed by atoms with Gasteiger partial charge in [0.05, 0.1) is 12.8 Å². The van der Waals surface area contributed by atoms with Gasteiger partial charge in [0.15, 0.2) is 11.6 Å². The minimum absolute atomic E-state index is 0.0432. The fourth-order valence-corrected chi connectivity index (χ4v) is 3.52. The number of ether oxygens (including phenoxy) is 2. The number of aliphatic carboxylic acids is 1. The molecule has 214 valence electrons. The molecule has 40 heavy (non-hydrogen) atoms. The number of imidazole rings is 1. The van der Waals surface area contributed by atoms with Gasteiger partial charge in [0.25, 0.3) is 5.91 Å². The van der Waals surface area contributed by atoms with E-state index < -0.39 is 53.3 Å². The summed E-state index contributed by atoms with van der Waals surface area (Å²) < 4.78 is 93.2. The second kappa shape index (κ2) is 11.1. The van der Waals surface area contributed by atoms with E-state index in [4.69, 9.17) is 19.7 Å². The van der Waals surface area contributed by atoms with Crippen LogP contribution < -0.4 is 14.8 Å². The van der Waals surface area contributed by atoms with E-state index in [0.717, 1.165) is 18.3 Å². The maximum Gasteiger partial charge on any atom is 0.573 e. The Balaban J connectivity index is 0.000000559. The average Bonchev–Trinajstić information content (AvgIpc) is 3.36. The monoisotopic (exact) mass is 580 g/mol. The predicted molar refractivity (Wildman–Crippen MR) is 115 cm³/mol. The summed E-state index contributed by atoms with van der Waals surface area (Å²) in [6, 6.07) is 5.91. The number of benzene rings is 1. The maximum atomic E-state index is 14.6. The molecule has 1 atom stereocenters. The molecule has 18 heteroatoms. The van der Waals surface area contributed by atoms with E-state index in [1.807, 2.05) is 0 Å². The number of carbonyl (C=O) groups is 3. The van der Waals surface area contributed by atoms with Crippen LogP contribution in [0.15, 0.2) is 42.7 Å². The van der Waals surface area contributed by atoms with Gasteiger partial charge in [-0.1, -0.05) is 6.07 Å². The lowest BCUT2D eigenvalue weighted by atomic mass is 9.81. The fraction of sp³-hybridized carbons (Fsp3) is 0.227. The van der Waals surface area contributed by atoms with Crippen LogP contribution in [0.25, 0.3) is 0 Å². The summed E-state index contributed by atoms with van der Waals surface area (Å²) in [5, 5.41) is 18.8. The molecule has 0 aliphatic carbocycles. The number of hydrogen-bond donors (Lipinski definition) is 4. The van der Waals surface area contributed by atoms with Crippen molar-refractivity contribution in [2.45, 2.75) is 24.5 Å². The third-order valence-electron chi connectivity index (χ3n) is 5.15. The molecule has 4 rings (SSSR count). The van der Waals surface area contributed by atoms with Gasteiger partial charge in [-0.25, -0.2) is 19.0 Å². The Morgan fingerprint density at radius 3 is 2.30 bits per heavy atom. The van der Waals surface area contributed by atoms with E-state index >= 15 is 0 Å². The molecule has 0 bridgehead atoms. The number of pyridine rings is 1. The zero-order chi connectivity index (χ0) is 29.9. The molecular formula is C22H15F7N4O7. The molecule has 3 aromatic rings. The first-order chi connectivity index (χ1) is 18.5. The number of carboxylic acids is 2. The zero-order valence-corrected chi connectivity index (χ0v) is 19.4. The van der Waals surface area contributed by atoms with Crippen LogP contribution in [0.2, 0.25) is 0 Å². The maximum absolute atomic E-state index is 14.6. The Kier molecular flexibility index (Phi) is 8.20. The topological polar surface area (TPSA) is 164 Å². The van der Waals surface area contributed by atoms with Gasteiger partial charge in [0.2, 0.25) is 5.82 Å². The van der Waals surface area contributed by atoms with Crippen molar-refractivity contribution in [1.29, 1.82) is 0 Å². The number of halogens is 7. The molecule has 3 heterocycles. The van der Waals surface area contributed by atoms with Crippen molar-refractivity contribution in [3.05, 3.63) is 71.3 Å². The Morgan fingerprint density at radius 1 is 1.07 bits per heavy atom. The second-order valence-electron chi connectivity index (χ2n) is 7.75. The number of hydrogen-bond acceptors (Lipinski definition) is 7. The van der Waals surface area contributed by atoms with E-state index in [-0.39, 0.29) is 35.7 Å². The molecule has 11 nitrogen and oxygen atoms in total. The number of fused-ring (bicyclic) bond motifs is 1. The van der Waals surface area contributed by atoms with Crippen molar-refractivity contribution in [3.63, 3.8) is 0 Å². The third kappa shape index (κ3) is 6.75. The molecule has 0 spiro atoms. The van der Waals surface area contributed by atoms with Crippen LogP contribution in [0.1, 0.15) is 38.8 Å². The summed E-state index contributed by atoms with van der Waals surface area (Å²) >= 11 is 0. The Bertz CT molecular complexity index is 1420. The number of alkyl halides is 6. The summed E-state index contributed by atoms with van der Waals surface area (Å²) in [4.78, 5) is 43.1. The van der Waals surface area contributed by atoms with E-state index in [1.165, 1.54) is 12.3 Å². The highest BCUT2D eigenvalue weighted by molar-refractivity contribution is 5.94. The van der Waals surface area contributed by atoms with Gasteiger partial charge >= 0.3 is 24.5 Å². The number of carboxylic acid groups (broad SMARTS) is 2. The standard InChI is InChI=1S/C20H14F4N4O5.C2HF3O2/c21-11-8-10(3-4-13(11)33-20(22,23)24)19(5-7-32-14-2-1-6-25-15(14)19)28-17(29)12-9-26-16(27-12)18(30)31;3-2(4,5)1(6)7/h1-4,6,8-9H,5,7H2,(H,26,27)(H,28,29)(H,30,31);(H,6,7). The number of H-pyrrole nitrogens is 1. The highest BCUT2D eigenvalue weighted by Crippen LogP contribution is 2.42. The van der Waals surface area contributed by atoms with Crippen molar-refractivity contribution in [1.82, 2.24) is 20.3 Å². The number of aromatic nitrogens is 3. The Hall–Kier alpha value is -4.90. The van der Waals surface area contributed by atoms with Crippen LogP contribution >= 0.6 is 0 Å². The molecule has 0 radical (unpaired) electrons. The van der Waals surface area contributed by atoms with E-state index in [0.29, 0.717) is 0 Å². The lowest BCUT2D eigenvalue weighted by Crippen LogP contribution is -2.50. The minimum Gasteiger partial charge on any atom is -0.491 e. The molecule has 1 aromatic carbocycles. The van der Waals surface area contributed by atoms with Crippen molar-refractivity contribution < 1.29 is 64.8 Å². The quantitative estimate of drug-likeness (QED) is 0.330. The lowest BCUT2D eigenvalue weighted by molar-refractivity contribution is -0.275. The molecular weight excluding hydrogens is 565 g/mol. The minimum atomic E-state index is -5.09. The molecule has 4 N–H and O–H groups in total. The summed E-state index contributed by atoms with van der Waals surface area (Å²) in [6.07, 6.45) is -7.72. The molecule has 1 aliphatic heterocycles. The van der Waals surface area contributed by atoms with Crippen LogP contribution in [0.4, 0.5) is 30.7 Å². The van der Waals surface area contributed by atoms with Crippen molar-refractivity contribution in [2.75, 3.05) is 6.61 Å². The molecule has 1 aliphatic rings. The van der Waals surface area contributed by atoms with Crippen molar-refractivity contribution in [3.8, 4) is 11.5 Å². The van der Waals surface area contributed by atoms with Gasteiger partial charge in [0, 0.05) is 12.6 Å². The number of aromatic carboxylic acids is 1. The van der Waals surface area contributed by atoms with Crippen molar-refractivity contribution >= 4 is 17.8 Å². The van der Waals surface area contributed by atoms with Gasteiger partial charge in [-0.2, -0.15) is 13.2 Å². The van der Waals surface area contributed by atoms with Gasteiger partial charge in [-0.05, 0) is 29.8 Å². The van der Waals surface area contributed by atoms with Crippen LogP contribution in [0.5, 0.6) is 11.5 Å². The third-order valence-corrected chi connectivity index (χ3v) is 5.15. The number of nitrogens with zero attached hydrogens (tertiary/aromatic N) is 2. The first-order valence-corrected chi connectivity index (χ1v) is 10.6.